The number of piperidine rings is 1. The first-order valence-corrected chi connectivity index (χ1v) is 9.49. The van der Waals surface area contributed by atoms with Crippen LogP contribution >= 0.6 is 0 Å². The quantitative estimate of drug-likeness (QED) is 0.803. The highest BCUT2D eigenvalue weighted by Gasteiger charge is 2.48. The van der Waals surface area contributed by atoms with Gasteiger partial charge in [-0.2, -0.15) is 5.06 Å². The maximum atomic E-state index is 6.54. The molecule has 0 aromatic heterocycles. The normalized spacial score (nSPS) is 28.6. The first kappa shape index (κ1) is 18.2. The van der Waals surface area contributed by atoms with Gasteiger partial charge >= 0.3 is 0 Å². The molecule has 0 amide bonds. The van der Waals surface area contributed by atoms with Crippen LogP contribution < -0.4 is 5.73 Å². The van der Waals surface area contributed by atoms with Gasteiger partial charge < -0.3 is 5.73 Å². The van der Waals surface area contributed by atoms with Crippen LogP contribution in [0, 0.1) is 5.92 Å². The van der Waals surface area contributed by atoms with Gasteiger partial charge in [0, 0.05) is 17.1 Å². The SMILES string of the molecule is CCCC(N)C1CC(C)(C)N(OC2CCCCC2)C(C)(C)C1. The summed E-state index contributed by atoms with van der Waals surface area (Å²) in [5.74, 6) is 0.608. The van der Waals surface area contributed by atoms with Crippen LogP contribution in [0.15, 0.2) is 0 Å². The Hall–Kier alpha value is -0.120. The highest BCUT2D eigenvalue weighted by Crippen LogP contribution is 2.44. The Labute approximate surface area is 137 Å². The highest BCUT2D eigenvalue weighted by molar-refractivity contribution is 4.99. The van der Waals surface area contributed by atoms with Gasteiger partial charge in [0.15, 0.2) is 0 Å². The van der Waals surface area contributed by atoms with E-state index in [2.05, 4.69) is 39.7 Å². The van der Waals surface area contributed by atoms with Crippen molar-refractivity contribution in [2.75, 3.05) is 0 Å². The molecule has 3 nitrogen and oxygen atoms in total. The van der Waals surface area contributed by atoms with Crippen molar-refractivity contribution in [2.24, 2.45) is 11.7 Å². The molecule has 1 saturated heterocycles. The summed E-state index contributed by atoms with van der Waals surface area (Å²) in [5, 5.41) is 2.34. The van der Waals surface area contributed by atoms with Gasteiger partial charge in [-0.1, -0.05) is 32.6 Å². The number of nitrogens with zero attached hydrogens (tertiary/aromatic N) is 1. The Morgan fingerprint density at radius 2 is 1.59 bits per heavy atom. The van der Waals surface area contributed by atoms with E-state index in [-0.39, 0.29) is 11.1 Å². The lowest BCUT2D eigenvalue weighted by atomic mass is 9.72. The molecule has 0 spiro atoms. The summed E-state index contributed by atoms with van der Waals surface area (Å²) in [7, 11) is 0. The molecular weight excluding hydrogens is 272 g/mol. The van der Waals surface area contributed by atoms with Gasteiger partial charge in [-0.15, -0.1) is 0 Å². The van der Waals surface area contributed by atoms with Crippen molar-refractivity contribution in [1.29, 1.82) is 0 Å². The zero-order valence-electron chi connectivity index (χ0n) is 15.5. The second-order valence-corrected chi connectivity index (χ2v) is 8.91. The summed E-state index contributed by atoms with van der Waals surface area (Å²) in [6.07, 6.45) is 11.5. The monoisotopic (exact) mass is 310 g/mol. The lowest BCUT2D eigenvalue weighted by Crippen LogP contribution is -2.63. The summed E-state index contributed by atoms with van der Waals surface area (Å²) in [6, 6.07) is 0.334. The molecule has 0 bridgehead atoms. The molecule has 1 atom stereocenters. The van der Waals surface area contributed by atoms with E-state index in [1.807, 2.05) is 0 Å². The van der Waals surface area contributed by atoms with Gasteiger partial charge in [0.2, 0.25) is 0 Å². The van der Waals surface area contributed by atoms with E-state index in [1.165, 1.54) is 38.5 Å². The first-order valence-electron chi connectivity index (χ1n) is 9.49. The van der Waals surface area contributed by atoms with Gasteiger partial charge in [-0.05, 0) is 65.7 Å². The minimum absolute atomic E-state index is 0.0647. The van der Waals surface area contributed by atoms with Crippen molar-refractivity contribution in [1.82, 2.24) is 5.06 Å². The third-order valence-electron chi connectivity index (χ3n) is 5.66. The number of hydroxylamine groups is 2. The fourth-order valence-electron chi connectivity index (χ4n) is 4.82. The maximum absolute atomic E-state index is 6.54. The van der Waals surface area contributed by atoms with Crippen molar-refractivity contribution >= 4 is 0 Å². The molecule has 3 heteroatoms. The van der Waals surface area contributed by atoms with Gasteiger partial charge in [-0.3, -0.25) is 4.84 Å². The molecule has 2 aliphatic rings. The van der Waals surface area contributed by atoms with Crippen LogP contribution in [0.25, 0.3) is 0 Å². The van der Waals surface area contributed by atoms with Crippen LogP contribution in [0.1, 0.15) is 92.4 Å². The van der Waals surface area contributed by atoms with Gasteiger partial charge in [0.1, 0.15) is 0 Å². The van der Waals surface area contributed by atoms with Crippen molar-refractivity contribution in [3.63, 3.8) is 0 Å². The van der Waals surface area contributed by atoms with Gasteiger partial charge in [-0.25, -0.2) is 0 Å². The lowest BCUT2D eigenvalue weighted by Gasteiger charge is -2.56. The van der Waals surface area contributed by atoms with Crippen LogP contribution in [-0.2, 0) is 4.84 Å². The molecule has 0 radical (unpaired) electrons. The van der Waals surface area contributed by atoms with Crippen LogP contribution in [-0.4, -0.2) is 28.3 Å². The van der Waals surface area contributed by atoms with Gasteiger partial charge in [0.05, 0.1) is 6.10 Å². The van der Waals surface area contributed by atoms with E-state index in [9.17, 15) is 0 Å². The molecule has 1 heterocycles. The summed E-state index contributed by atoms with van der Waals surface area (Å²) in [5.41, 5.74) is 6.60. The molecule has 130 valence electrons. The molecule has 1 unspecified atom stereocenters. The fraction of sp³-hybridized carbons (Fsp3) is 1.00. The number of hydrogen-bond donors (Lipinski definition) is 1. The lowest BCUT2D eigenvalue weighted by molar-refractivity contribution is -0.314. The fourth-order valence-corrected chi connectivity index (χ4v) is 4.82. The summed E-state index contributed by atoms with van der Waals surface area (Å²) < 4.78 is 0. The second kappa shape index (κ2) is 7.19. The molecule has 2 N–H and O–H groups in total. The Balaban J connectivity index is 2.07. The van der Waals surface area contributed by atoms with Gasteiger partial charge in [0.25, 0.3) is 0 Å². The van der Waals surface area contributed by atoms with Crippen LogP contribution in [0.5, 0.6) is 0 Å². The molecule has 22 heavy (non-hydrogen) atoms. The Morgan fingerprint density at radius 3 is 2.09 bits per heavy atom. The highest BCUT2D eigenvalue weighted by atomic mass is 16.7. The van der Waals surface area contributed by atoms with E-state index in [4.69, 9.17) is 10.6 Å². The smallest absolute Gasteiger partial charge is 0.0793 e. The average molecular weight is 311 g/mol. The van der Waals surface area contributed by atoms with E-state index in [0.29, 0.717) is 18.1 Å². The molecular formula is C19H38N2O. The topological polar surface area (TPSA) is 38.5 Å². The molecule has 2 rings (SSSR count). The van der Waals surface area contributed by atoms with Crippen LogP contribution in [0.3, 0.4) is 0 Å². The van der Waals surface area contributed by atoms with Crippen molar-refractivity contribution < 1.29 is 4.84 Å². The number of rotatable bonds is 5. The maximum Gasteiger partial charge on any atom is 0.0793 e. The third-order valence-corrected chi connectivity index (χ3v) is 5.66. The molecule has 2 fully saturated rings. The minimum Gasteiger partial charge on any atom is -0.327 e. The molecule has 1 aliphatic heterocycles. The Morgan fingerprint density at radius 1 is 1.05 bits per heavy atom. The predicted molar refractivity (Wildman–Crippen MR) is 93.6 cm³/mol. The predicted octanol–water partition coefficient (Wildman–Crippen LogP) is 4.65. The van der Waals surface area contributed by atoms with Crippen molar-refractivity contribution in [3.8, 4) is 0 Å². The first-order chi connectivity index (χ1) is 10.3. The summed E-state index contributed by atoms with van der Waals surface area (Å²) in [4.78, 5) is 6.54. The van der Waals surface area contributed by atoms with Crippen molar-refractivity contribution in [2.45, 2.75) is 116 Å². The zero-order valence-corrected chi connectivity index (χ0v) is 15.5. The molecule has 0 aromatic rings. The Kier molecular flexibility index (Phi) is 5.95. The molecule has 1 saturated carbocycles. The number of nitrogens with two attached hydrogens (primary N) is 1. The standard InChI is InChI=1S/C19H38N2O/c1-6-10-17(20)15-13-18(2,3)21(19(4,5)14-15)22-16-11-8-7-9-12-16/h15-17H,6-14,20H2,1-5H3. The minimum atomic E-state index is 0.0647. The summed E-state index contributed by atoms with van der Waals surface area (Å²) >= 11 is 0. The van der Waals surface area contributed by atoms with Crippen molar-refractivity contribution in [3.05, 3.63) is 0 Å². The number of hydrogen-bond acceptors (Lipinski definition) is 3. The van der Waals surface area contributed by atoms with Crippen LogP contribution in [0.2, 0.25) is 0 Å². The zero-order chi connectivity index (χ0) is 16.4. The second-order valence-electron chi connectivity index (χ2n) is 8.91. The largest absolute Gasteiger partial charge is 0.327 e. The van der Waals surface area contributed by atoms with E-state index >= 15 is 0 Å². The third kappa shape index (κ3) is 4.24. The van der Waals surface area contributed by atoms with Crippen LogP contribution in [0.4, 0.5) is 0 Å². The van der Waals surface area contributed by atoms with E-state index in [0.717, 1.165) is 19.3 Å². The molecule has 1 aliphatic carbocycles. The average Bonchev–Trinajstić information content (AvgIpc) is 2.43. The summed E-state index contributed by atoms with van der Waals surface area (Å²) in [6.45, 7) is 11.6. The Bertz CT molecular complexity index is 329. The van der Waals surface area contributed by atoms with E-state index < -0.39 is 0 Å². The van der Waals surface area contributed by atoms with E-state index in [1.54, 1.807) is 0 Å². The molecule has 0 aromatic carbocycles.